The number of amides is 1. The van der Waals surface area contributed by atoms with Gasteiger partial charge in [0.1, 0.15) is 11.3 Å². The van der Waals surface area contributed by atoms with E-state index in [-0.39, 0.29) is 18.7 Å². The van der Waals surface area contributed by atoms with E-state index in [9.17, 15) is 9.59 Å². The molecule has 0 unspecified atom stereocenters. The number of carbonyl (C=O) groups is 2. The fourth-order valence-corrected chi connectivity index (χ4v) is 4.32. The molecule has 0 aliphatic carbocycles. The standard InChI is InChI=1S/C25H26N2O6/c1-24(2,3)33-23(29)27-12-9-25(10-13-27)22(28)20(21(32-25)17-6-4-5-11-26-17)16-7-8-18-19(14-16)31-15-30-18/h4-8,11,14H,9-10,12-13,15H2,1-3H3. The second-order valence-corrected chi connectivity index (χ2v) is 9.38. The predicted octanol–water partition coefficient (Wildman–Crippen LogP) is 4.05. The van der Waals surface area contributed by atoms with E-state index in [4.69, 9.17) is 18.9 Å². The summed E-state index contributed by atoms with van der Waals surface area (Å²) in [6.45, 7) is 6.39. The SMILES string of the molecule is CC(C)(C)OC(=O)N1CCC2(CC1)OC(c1ccccn1)=C(c1ccc3c(c1)OCO3)C2=O. The maximum absolute atomic E-state index is 13.9. The molecule has 3 aliphatic rings. The van der Waals surface area contributed by atoms with Gasteiger partial charge in [0.05, 0.1) is 5.57 Å². The van der Waals surface area contributed by atoms with Gasteiger partial charge in [-0.3, -0.25) is 9.78 Å². The van der Waals surface area contributed by atoms with Gasteiger partial charge in [-0.2, -0.15) is 0 Å². The third kappa shape index (κ3) is 3.90. The Bertz CT molecular complexity index is 1130. The maximum atomic E-state index is 13.9. The molecule has 8 nitrogen and oxygen atoms in total. The van der Waals surface area contributed by atoms with Gasteiger partial charge >= 0.3 is 6.09 Å². The van der Waals surface area contributed by atoms with E-state index in [2.05, 4.69) is 4.98 Å². The third-order valence-electron chi connectivity index (χ3n) is 5.95. The first kappa shape index (κ1) is 21.3. The van der Waals surface area contributed by atoms with Gasteiger partial charge in [0.25, 0.3) is 0 Å². The summed E-state index contributed by atoms with van der Waals surface area (Å²) in [5, 5.41) is 0. The van der Waals surface area contributed by atoms with Crippen LogP contribution in [0.1, 0.15) is 44.9 Å². The number of piperidine rings is 1. The molecule has 2 aromatic rings. The van der Waals surface area contributed by atoms with Crippen LogP contribution in [0.3, 0.4) is 0 Å². The van der Waals surface area contributed by atoms with E-state index in [1.165, 1.54) is 0 Å². The van der Waals surface area contributed by atoms with Crippen LogP contribution in [0.2, 0.25) is 0 Å². The molecule has 172 valence electrons. The van der Waals surface area contributed by atoms with Crippen molar-refractivity contribution in [1.29, 1.82) is 0 Å². The van der Waals surface area contributed by atoms with Crippen LogP contribution in [-0.2, 0) is 14.3 Å². The van der Waals surface area contributed by atoms with Crippen molar-refractivity contribution in [1.82, 2.24) is 9.88 Å². The molecular weight excluding hydrogens is 424 g/mol. The Kier molecular flexibility index (Phi) is 5.03. The summed E-state index contributed by atoms with van der Waals surface area (Å²) in [5.74, 6) is 1.58. The van der Waals surface area contributed by atoms with E-state index < -0.39 is 11.2 Å². The summed E-state index contributed by atoms with van der Waals surface area (Å²) in [4.78, 5) is 32.4. The van der Waals surface area contributed by atoms with E-state index >= 15 is 0 Å². The van der Waals surface area contributed by atoms with Crippen molar-refractivity contribution in [3.8, 4) is 11.5 Å². The Morgan fingerprint density at radius 1 is 1.09 bits per heavy atom. The van der Waals surface area contributed by atoms with Crippen LogP contribution in [0, 0.1) is 0 Å². The molecule has 0 N–H and O–H groups in total. The lowest BCUT2D eigenvalue weighted by Gasteiger charge is -2.38. The molecule has 1 aromatic heterocycles. The normalized spacial score (nSPS) is 19.1. The first-order chi connectivity index (χ1) is 15.8. The van der Waals surface area contributed by atoms with Crippen molar-refractivity contribution in [2.24, 2.45) is 0 Å². The van der Waals surface area contributed by atoms with Crippen molar-refractivity contribution in [3.63, 3.8) is 0 Å². The van der Waals surface area contributed by atoms with Crippen molar-refractivity contribution >= 4 is 23.2 Å². The fraction of sp³-hybridized carbons (Fsp3) is 0.400. The number of ketones is 1. The molecule has 1 fully saturated rings. The number of rotatable bonds is 2. The summed E-state index contributed by atoms with van der Waals surface area (Å²) >= 11 is 0. The zero-order chi connectivity index (χ0) is 23.2. The Balaban J connectivity index is 1.45. The first-order valence-electron chi connectivity index (χ1n) is 11.0. The minimum Gasteiger partial charge on any atom is -0.476 e. The lowest BCUT2D eigenvalue weighted by molar-refractivity contribution is -0.132. The van der Waals surface area contributed by atoms with Crippen LogP contribution < -0.4 is 9.47 Å². The fourth-order valence-electron chi connectivity index (χ4n) is 4.32. The Labute approximate surface area is 192 Å². The summed E-state index contributed by atoms with van der Waals surface area (Å²) in [5.41, 5.74) is 0.127. The van der Waals surface area contributed by atoms with Crippen molar-refractivity contribution in [2.75, 3.05) is 19.9 Å². The van der Waals surface area contributed by atoms with Gasteiger partial charge in [0.2, 0.25) is 12.6 Å². The summed E-state index contributed by atoms with van der Waals surface area (Å²) in [7, 11) is 0. The van der Waals surface area contributed by atoms with Crippen molar-refractivity contribution < 1.29 is 28.5 Å². The molecule has 8 heteroatoms. The van der Waals surface area contributed by atoms with Gasteiger partial charge in [-0.15, -0.1) is 0 Å². The highest BCUT2D eigenvalue weighted by atomic mass is 16.7. The monoisotopic (exact) mass is 450 g/mol. The van der Waals surface area contributed by atoms with E-state index in [1.807, 2.05) is 45.0 Å². The Hall–Kier alpha value is -3.55. The molecule has 3 aliphatic heterocycles. The average molecular weight is 450 g/mol. The lowest BCUT2D eigenvalue weighted by atomic mass is 9.83. The average Bonchev–Trinajstić information content (AvgIpc) is 3.36. The minimum absolute atomic E-state index is 0.106. The summed E-state index contributed by atoms with van der Waals surface area (Å²) in [6, 6.07) is 10.9. The van der Waals surface area contributed by atoms with Crippen molar-refractivity contribution in [2.45, 2.75) is 44.8 Å². The molecule has 0 radical (unpaired) electrons. The largest absolute Gasteiger partial charge is 0.476 e. The molecule has 33 heavy (non-hydrogen) atoms. The minimum atomic E-state index is -1.04. The van der Waals surface area contributed by atoms with Crippen molar-refractivity contribution in [3.05, 3.63) is 53.9 Å². The molecule has 0 saturated carbocycles. The molecule has 0 bridgehead atoms. The van der Waals surface area contributed by atoms with Gasteiger partial charge in [0.15, 0.2) is 22.9 Å². The first-order valence-corrected chi connectivity index (χ1v) is 11.0. The van der Waals surface area contributed by atoms with E-state index in [1.54, 1.807) is 23.2 Å². The molecule has 1 amide bonds. The number of nitrogens with zero attached hydrogens (tertiary/aromatic N) is 2. The number of ether oxygens (including phenoxy) is 4. The number of Topliss-reactive ketones (excluding diaryl/α,β-unsaturated/α-hetero) is 1. The Morgan fingerprint density at radius 3 is 2.55 bits per heavy atom. The quantitative estimate of drug-likeness (QED) is 0.682. The number of benzene rings is 1. The van der Waals surface area contributed by atoms with Gasteiger partial charge in [-0.1, -0.05) is 12.1 Å². The van der Waals surface area contributed by atoms with Gasteiger partial charge in [-0.05, 0) is 50.6 Å². The Morgan fingerprint density at radius 2 is 1.85 bits per heavy atom. The van der Waals surface area contributed by atoms with E-state index in [0.717, 1.165) is 0 Å². The van der Waals surface area contributed by atoms with Crippen LogP contribution >= 0.6 is 0 Å². The molecule has 5 rings (SSSR count). The zero-order valence-electron chi connectivity index (χ0n) is 18.9. The van der Waals surface area contributed by atoms with Gasteiger partial charge in [-0.25, -0.2) is 4.79 Å². The van der Waals surface area contributed by atoms with E-state index in [0.29, 0.717) is 60.0 Å². The molecule has 4 heterocycles. The number of fused-ring (bicyclic) bond motifs is 1. The highest BCUT2D eigenvalue weighted by Crippen LogP contribution is 2.47. The van der Waals surface area contributed by atoms with Crippen LogP contribution in [0.25, 0.3) is 11.3 Å². The smallest absolute Gasteiger partial charge is 0.410 e. The number of aromatic nitrogens is 1. The number of hydrogen-bond donors (Lipinski definition) is 0. The summed E-state index contributed by atoms with van der Waals surface area (Å²) < 4.78 is 22.9. The second-order valence-electron chi connectivity index (χ2n) is 9.38. The molecule has 1 saturated heterocycles. The number of hydrogen-bond acceptors (Lipinski definition) is 7. The third-order valence-corrected chi connectivity index (χ3v) is 5.95. The van der Waals surface area contributed by atoms with Gasteiger partial charge < -0.3 is 23.8 Å². The summed E-state index contributed by atoms with van der Waals surface area (Å²) in [6.07, 6.45) is 2.03. The number of likely N-dealkylation sites (tertiary alicyclic amines) is 1. The molecular formula is C25H26N2O6. The number of carbonyl (C=O) groups excluding carboxylic acids is 2. The number of pyridine rings is 1. The maximum Gasteiger partial charge on any atom is 0.410 e. The lowest BCUT2D eigenvalue weighted by Crippen LogP contribution is -2.51. The van der Waals surface area contributed by atoms with Crippen LogP contribution in [0.5, 0.6) is 11.5 Å². The molecule has 0 atom stereocenters. The predicted molar refractivity (Wildman–Crippen MR) is 119 cm³/mol. The van der Waals surface area contributed by atoms with Crippen LogP contribution in [-0.4, -0.2) is 52.8 Å². The highest BCUT2D eigenvalue weighted by Gasteiger charge is 2.52. The van der Waals surface area contributed by atoms with Crippen LogP contribution in [0.15, 0.2) is 42.6 Å². The zero-order valence-corrected chi connectivity index (χ0v) is 18.9. The van der Waals surface area contributed by atoms with Gasteiger partial charge in [0, 0.05) is 32.1 Å². The second kappa shape index (κ2) is 7.79. The topological polar surface area (TPSA) is 87.2 Å². The van der Waals surface area contributed by atoms with Crippen LogP contribution in [0.4, 0.5) is 4.79 Å². The highest BCUT2D eigenvalue weighted by molar-refractivity contribution is 6.32. The molecule has 1 spiro atoms. The molecule has 1 aromatic carbocycles.